The predicted octanol–water partition coefficient (Wildman–Crippen LogP) is 7.67. The van der Waals surface area contributed by atoms with Crippen LogP contribution in [0.3, 0.4) is 0 Å². The first-order valence-corrected chi connectivity index (χ1v) is 10.5. The minimum absolute atomic E-state index is 0.257. The molecule has 0 fully saturated rings. The van der Waals surface area contributed by atoms with E-state index in [1.807, 2.05) is 0 Å². The quantitative estimate of drug-likeness (QED) is 0.320. The lowest BCUT2D eigenvalue weighted by atomic mass is 9.87. The number of rotatable bonds is 3. The van der Waals surface area contributed by atoms with Crippen LogP contribution in [0.4, 0.5) is 5.69 Å². The van der Waals surface area contributed by atoms with Gasteiger partial charge in [0.2, 0.25) is 0 Å². The van der Waals surface area contributed by atoms with Crippen molar-refractivity contribution in [3.8, 4) is 0 Å². The average Bonchev–Trinajstić information content (AvgIpc) is 3.17. The third kappa shape index (κ3) is 3.17. The molecule has 0 spiro atoms. The normalized spacial score (nSPS) is 15.2. The molecular formula is C29H25N. The van der Waals surface area contributed by atoms with Crippen LogP contribution < -0.4 is 0 Å². The van der Waals surface area contributed by atoms with E-state index in [4.69, 9.17) is 4.99 Å². The molecule has 0 radical (unpaired) electrons. The van der Waals surface area contributed by atoms with Gasteiger partial charge < -0.3 is 0 Å². The Kier molecular flexibility index (Phi) is 4.59. The smallest absolute Gasteiger partial charge is 0.0688 e. The molecule has 146 valence electrons. The van der Waals surface area contributed by atoms with E-state index in [1.54, 1.807) is 0 Å². The summed E-state index contributed by atoms with van der Waals surface area (Å²) < 4.78 is 0. The van der Waals surface area contributed by atoms with Crippen molar-refractivity contribution in [2.45, 2.75) is 26.7 Å². The van der Waals surface area contributed by atoms with Gasteiger partial charge in [0.25, 0.3) is 0 Å². The van der Waals surface area contributed by atoms with Crippen molar-refractivity contribution >= 4 is 28.8 Å². The molecule has 1 aliphatic carbocycles. The van der Waals surface area contributed by atoms with Crippen molar-refractivity contribution in [2.24, 2.45) is 4.99 Å². The Labute approximate surface area is 178 Å². The van der Waals surface area contributed by atoms with E-state index in [9.17, 15) is 0 Å². The van der Waals surface area contributed by atoms with Crippen molar-refractivity contribution < 1.29 is 0 Å². The van der Waals surface area contributed by atoms with Crippen LogP contribution in [0.15, 0.2) is 83.9 Å². The molecule has 1 atom stereocenters. The fourth-order valence-electron chi connectivity index (χ4n) is 4.75. The first kappa shape index (κ1) is 18.6. The molecule has 30 heavy (non-hydrogen) atoms. The number of allylic oxidation sites excluding steroid dienone is 1. The summed E-state index contributed by atoms with van der Waals surface area (Å²) in [7, 11) is 0. The van der Waals surface area contributed by atoms with E-state index >= 15 is 0 Å². The topological polar surface area (TPSA) is 12.4 Å². The number of fused-ring (bicyclic) bond motifs is 2. The van der Waals surface area contributed by atoms with Crippen LogP contribution >= 0.6 is 0 Å². The van der Waals surface area contributed by atoms with Gasteiger partial charge in [-0.05, 0) is 59.4 Å². The van der Waals surface area contributed by atoms with Crippen LogP contribution in [-0.4, -0.2) is 6.21 Å². The molecule has 0 aromatic heterocycles. The number of aliphatic imine (C=N–C) groups is 1. The highest BCUT2D eigenvalue weighted by molar-refractivity contribution is 6.02. The van der Waals surface area contributed by atoms with Gasteiger partial charge in [0.05, 0.1) is 5.69 Å². The molecule has 0 amide bonds. The first-order chi connectivity index (χ1) is 14.6. The number of benzene rings is 4. The van der Waals surface area contributed by atoms with Crippen molar-refractivity contribution in [1.82, 2.24) is 0 Å². The molecule has 0 saturated carbocycles. The molecule has 1 unspecified atom stereocenters. The van der Waals surface area contributed by atoms with Crippen LogP contribution in [0.2, 0.25) is 0 Å². The minimum atomic E-state index is 0.257. The predicted molar refractivity (Wildman–Crippen MR) is 129 cm³/mol. The Balaban J connectivity index is 1.70. The maximum atomic E-state index is 5.01. The van der Waals surface area contributed by atoms with E-state index in [0.717, 1.165) is 5.69 Å². The fraction of sp³-hybridized carbons (Fsp3) is 0.138. The molecule has 1 heteroatoms. The van der Waals surface area contributed by atoms with Crippen LogP contribution in [-0.2, 0) is 0 Å². The monoisotopic (exact) mass is 387 g/mol. The number of nitrogens with zero attached hydrogens (tertiary/aromatic N) is 1. The largest absolute Gasteiger partial charge is 0.256 e. The van der Waals surface area contributed by atoms with Gasteiger partial charge >= 0.3 is 0 Å². The lowest BCUT2D eigenvalue weighted by Gasteiger charge is -2.17. The molecule has 1 aliphatic rings. The average molecular weight is 388 g/mol. The Morgan fingerprint density at radius 2 is 1.50 bits per heavy atom. The van der Waals surface area contributed by atoms with E-state index in [-0.39, 0.29) is 5.92 Å². The zero-order valence-electron chi connectivity index (χ0n) is 17.7. The second-order valence-corrected chi connectivity index (χ2v) is 8.26. The van der Waals surface area contributed by atoms with Gasteiger partial charge in [-0.15, -0.1) is 0 Å². The van der Waals surface area contributed by atoms with E-state index in [2.05, 4.69) is 112 Å². The Morgan fingerprint density at radius 3 is 2.33 bits per heavy atom. The maximum absolute atomic E-state index is 5.01. The minimum Gasteiger partial charge on any atom is -0.256 e. The van der Waals surface area contributed by atoms with Gasteiger partial charge in [0.1, 0.15) is 0 Å². The molecule has 0 N–H and O–H groups in total. The summed E-state index contributed by atoms with van der Waals surface area (Å²) in [5.41, 5.74) is 9.98. The lowest BCUT2D eigenvalue weighted by Crippen LogP contribution is -2.02. The summed E-state index contributed by atoms with van der Waals surface area (Å²) in [5, 5.41) is 2.49. The van der Waals surface area contributed by atoms with Crippen LogP contribution in [0, 0.1) is 20.8 Å². The van der Waals surface area contributed by atoms with Crippen molar-refractivity contribution in [2.75, 3.05) is 0 Å². The molecule has 1 nitrogen and oxygen atoms in total. The van der Waals surface area contributed by atoms with Crippen molar-refractivity contribution in [1.29, 1.82) is 0 Å². The van der Waals surface area contributed by atoms with Crippen molar-refractivity contribution in [3.63, 3.8) is 0 Å². The van der Waals surface area contributed by atoms with Gasteiger partial charge in [-0.3, -0.25) is 4.99 Å². The van der Waals surface area contributed by atoms with E-state index in [1.165, 1.54) is 49.7 Å². The van der Waals surface area contributed by atoms with Gasteiger partial charge in [-0.2, -0.15) is 0 Å². The van der Waals surface area contributed by atoms with Gasteiger partial charge in [-0.25, -0.2) is 0 Å². The summed E-state index contributed by atoms with van der Waals surface area (Å²) in [5.74, 6) is 0.257. The van der Waals surface area contributed by atoms with Crippen LogP contribution in [0.25, 0.3) is 16.8 Å². The summed E-state index contributed by atoms with van der Waals surface area (Å²) in [6.07, 6.45) is 6.63. The lowest BCUT2D eigenvalue weighted by molar-refractivity contribution is 1.05. The second-order valence-electron chi connectivity index (χ2n) is 8.26. The second kappa shape index (κ2) is 7.42. The highest BCUT2D eigenvalue weighted by Gasteiger charge is 2.21. The standard InChI is InChI=1S/C29H25N/c1-19-16-20(2)29(21(3)17-19)30-18-28-25-11-7-5-9-23(25)13-15-27(28)26-14-12-22-8-4-6-10-24(22)26/h4-18,26H,1-3H3/b30-18+. The zero-order chi connectivity index (χ0) is 20.7. The Hall–Kier alpha value is -3.45. The first-order valence-electron chi connectivity index (χ1n) is 10.5. The Bertz CT molecular complexity index is 1300. The summed E-state index contributed by atoms with van der Waals surface area (Å²) in [4.78, 5) is 5.01. The molecule has 4 aromatic rings. The highest BCUT2D eigenvalue weighted by atomic mass is 14.7. The SMILES string of the molecule is Cc1cc(C)c(/N=C/c2c(C3C=Cc4ccccc43)ccc3ccccc23)c(C)c1. The van der Waals surface area contributed by atoms with Gasteiger partial charge in [-0.1, -0.05) is 90.5 Å². The molecular weight excluding hydrogens is 362 g/mol. The third-order valence-corrected chi connectivity index (χ3v) is 6.10. The summed E-state index contributed by atoms with van der Waals surface area (Å²) in [6, 6.07) is 26.2. The van der Waals surface area contributed by atoms with Crippen molar-refractivity contribution in [3.05, 3.63) is 118 Å². The molecule has 0 saturated heterocycles. The third-order valence-electron chi connectivity index (χ3n) is 6.10. The number of hydrogen-bond acceptors (Lipinski definition) is 1. The zero-order valence-corrected chi connectivity index (χ0v) is 17.7. The summed E-state index contributed by atoms with van der Waals surface area (Å²) >= 11 is 0. The van der Waals surface area contributed by atoms with Gasteiger partial charge in [0, 0.05) is 17.7 Å². The summed E-state index contributed by atoms with van der Waals surface area (Å²) in [6.45, 7) is 6.43. The fourth-order valence-corrected chi connectivity index (χ4v) is 4.75. The molecule has 0 bridgehead atoms. The number of aryl methyl sites for hydroxylation is 3. The van der Waals surface area contributed by atoms with Crippen LogP contribution in [0.5, 0.6) is 0 Å². The Morgan fingerprint density at radius 1 is 0.767 bits per heavy atom. The van der Waals surface area contributed by atoms with Crippen LogP contribution in [0.1, 0.15) is 44.9 Å². The highest BCUT2D eigenvalue weighted by Crippen LogP contribution is 2.38. The molecule has 5 rings (SSSR count). The number of hydrogen-bond donors (Lipinski definition) is 0. The maximum Gasteiger partial charge on any atom is 0.0688 e. The van der Waals surface area contributed by atoms with E-state index < -0.39 is 0 Å². The van der Waals surface area contributed by atoms with Gasteiger partial charge in [0.15, 0.2) is 0 Å². The molecule has 0 aliphatic heterocycles. The molecule has 0 heterocycles. The molecule has 4 aromatic carbocycles. The van der Waals surface area contributed by atoms with E-state index in [0.29, 0.717) is 0 Å².